The van der Waals surface area contributed by atoms with Gasteiger partial charge in [-0.15, -0.1) is 0 Å². The Labute approximate surface area is 109 Å². The van der Waals surface area contributed by atoms with Gasteiger partial charge in [0, 0.05) is 25.1 Å². The van der Waals surface area contributed by atoms with E-state index in [1.807, 2.05) is 6.07 Å². The van der Waals surface area contributed by atoms with Crippen LogP contribution in [0.2, 0.25) is 0 Å². The first-order chi connectivity index (χ1) is 9.11. The first-order valence-electron chi connectivity index (χ1n) is 5.50. The summed E-state index contributed by atoms with van der Waals surface area (Å²) < 4.78 is 13.1. The smallest absolute Gasteiger partial charge is 0.259 e. The lowest BCUT2D eigenvalue weighted by molar-refractivity contribution is 0.0992. The van der Waals surface area contributed by atoms with Crippen molar-refractivity contribution in [3.63, 3.8) is 0 Å². The van der Waals surface area contributed by atoms with Crippen molar-refractivity contribution in [3.05, 3.63) is 59.7 Å². The number of aromatic nitrogens is 1. The number of hydrogen-bond acceptors (Lipinski definition) is 3. The Bertz CT molecular complexity index is 664. The number of anilines is 1. The zero-order chi connectivity index (χ0) is 13.8. The number of hydrogen-bond donors (Lipinski definition) is 0. The molecule has 0 unspecified atom stereocenters. The van der Waals surface area contributed by atoms with E-state index in [4.69, 9.17) is 5.26 Å². The number of benzene rings is 1. The van der Waals surface area contributed by atoms with Crippen LogP contribution < -0.4 is 4.90 Å². The van der Waals surface area contributed by atoms with Crippen molar-refractivity contribution in [3.8, 4) is 6.07 Å². The van der Waals surface area contributed by atoms with Crippen LogP contribution in [-0.2, 0) is 0 Å². The minimum atomic E-state index is -0.416. The van der Waals surface area contributed by atoms with Crippen molar-refractivity contribution >= 4 is 11.6 Å². The maximum absolute atomic E-state index is 13.1. The molecule has 2 aromatic rings. The Balaban J connectivity index is 2.31. The summed E-state index contributed by atoms with van der Waals surface area (Å²) in [6.45, 7) is 0. The quantitative estimate of drug-likeness (QED) is 0.827. The average Bonchev–Trinajstić information content (AvgIpc) is 2.45. The van der Waals surface area contributed by atoms with E-state index < -0.39 is 5.82 Å². The molecule has 0 aliphatic rings. The number of rotatable bonds is 2. The summed E-state index contributed by atoms with van der Waals surface area (Å²) in [4.78, 5) is 17.3. The van der Waals surface area contributed by atoms with Gasteiger partial charge in [0.2, 0.25) is 0 Å². The lowest BCUT2D eigenvalue weighted by Crippen LogP contribution is -2.26. The zero-order valence-electron chi connectivity index (χ0n) is 10.2. The van der Waals surface area contributed by atoms with Gasteiger partial charge < -0.3 is 4.90 Å². The van der Waals surface area contributed by atoms with E-state index in [0.717, 1.165) is 0 Å². The molecule has 4 nitrogen and oxygen atoms in total. The minimum absolute atomic E-state index is 0.283. The molecule has 0 N–H and O–H groups in total. The maximum Gasteiger partial charge on any atom is 0.259 e. The third-order valence-electron chi connectivity index (χ3n) is 2.61. The van der Waals surface area contributed by atoms with E-state index in [0.29, 0.717) is 11.3 Å². The van der Waals surface area contributed by atoms with Gasteiger partial charge in [0.05, 0.1) is 11.1 Å². The van der Waals surface area contributed by atoms with Crippen molar-refractivity contribution in [2.24, 2.45) is 0 Å². The van der Waals surface area contributed by atoms with E-state index in [2.05, 4.69) is 4.98 Å². The number of nitriles is 1. The average molecular weight is 255 g/mol. The van der Waals surface area contributed by atoms with Crippen LogP contribution in [0.5, 0.6) is 0 Å². The van der Waals surface area contributed by atoms with Crippen LogP contribution in [0.25, 0.3) is 0 Å². The van der Waals surface area contributed by atoms with E-state index in [1.165, 1.54) is 48.6 Å². The van der Waals surface area contributed by atoms with Crippen LogP contribution in [0, 0.1) is 17.1 Å². The molecule has 0 aliphatic carbocycles. The van der Waals surface area contributed by atoms with Crippen molar-refractivity contribution in [2.45, 2.75) is 0 Å². The molecule has 0 spiro atoms. The molecule has 0 saturated carbocycles. The lowest BCUT2D eigenvalue weighted by atomic mass is 10.2. The Morgan fingerprint density at radius 1 is 1.37 bits per heavy atom. The second-order valence-electron chi connectivity index (χ2n) is 3.92. The summed E-state index contributed by atoms with van der Waals surface area (Å²) in [7, 11) is 1.54. The van der Waals surface area contributed by atoms with Gasteiger partial charge >= 0.3 is 0 Å². The predicted octanol–water partition coefficient (Wildman–Crippen LogP) is 2.37. The lowest BCUT2D eigenvalue weighted by Gasteiger charge is -2.17. The topological polar surface area (TPSA) is 57.0 Å². The SMILES string of the molecule is CN(C(=O)c1cncc(C#N)c1)c1cccc(F)c1. The van der Waals surface area contributed by atoms with E-state index >= 15 is 0 Å². The molecule has 19 heavy (non-hydrogen) atoms. The fraction of sp³-hybridized carbons (Fsp3) is 0.0714. The summed E-state index contributed by atoms with van der Waals surface area (Å²) in [5.74, 6) is -0.767. The molecule has 0 fully saturated rings. The molecule has 0 bridgehead atoms. The number of carbonyl (C=O) groups excluding carboxylic acids is 1. The maximum atomic E-state index is 13.1. The molecule has 2 rings (SSSR count). The van der Waals surface area contributed by atoms with Gasteiger partial charge in [0.25, 0.3) is 5.91 Å². The molecule has 0 radical (unpaired) electrons. The fourth-order valence-electron chi connectivity index (χ4n) is 1.61. The van der Waals surface area contributed by atoms with Crippen LogP contribution in [-0.4, -0.2) is 17.9 Å². The number of carbonyl (C=O) groups is 1. The number of nitrogens with zero attached hydrogens (tertiary/aromatic N) is 3. The van der Waals surface area contributed by atoms with Crippen LogP contribution in [0.15, 0.2) is 42.7 Å². The molecule has 94 valence electrons. The summed E-state index contributed by atoms with van der Waals surface area (Å²) in [6.07, 6.45) is 2.75. The Hall–Kier alpha value is -2.74. The monoisotopic (exact) mass is 255 g/mol. The van der Waals surface area contributed by atoms with Crippen LogP contribution in [0.1, 0.15) is 15.9 Å². The molecule has 1 heterocycles. The number of amides is 1. The van der Waals surface area contributed by atoms with Crippen molar-refractivity contribution in [1.82, 2.24) is 4.98 Å². The highest BCUT2D eigenvalue weighted by atomic mass is 19.1. The molecular weight excluding hydrogens is 245 g/mol. The van der Waals surface area contributed by atoms with Crippen LogP contribution in [0.4, 0.5) is 10.1 Å². The first-order valence-corrected chi connectivity index (χ1v) is 5.50. The molecule has 1 aromatic heterocycles. The highest BCUT2D eigenvalue weighted by Crippen LogP contribution is 2.16. The van der Waals surface area contributed by atoms with Crippen LogP contribution in [0.3, 0.4) is 0 Å². The largest absolute Gasteiger partial charge is 0.311 e. The molecule has 0 aliphatic heterocycles. The molecule has 1 aromatic carbocycles. The van der Waals surface area contributed by atoms with Crippen molar-refractivity contribution in [1.29, 1.82) is 5.26 Å². The zero-order valence-corrected chi connectivity index (χ0v) is 10.2. The normalized spacial score (nSPS) is 9.74. The summed E-state index contributed by atoms with van der Waals surface area (Å²) in [6, 6.07) is 9.09. The Kier molecular flexibility index (Phi) is 3.53. The van der Waals surface area contributed by atoms with Gasteiger partial charge in [-0.25, -0.2) is 4.39 Å². The van der Waals surface area contributed by atoms with Crippen molar-refractivity contribution < 1.29 is 9.18 Å². The van der Waals surface area contributed by atoms with E-state index in [1.54, 1.807) is 6.07 Å². The van der Waals surface area contributed by atoms with Gasteiger partial charge in [-0.3, -0.25) is 9.78 Å². The fourth-order valence-corrected chi connectivity index (χ4v) is 1.61. The molecule has 1 amide bonds. The summed E-state index contributed by atoms with van der Waals surface area (Å²) in [5.41, 5.74) is 1.02. The third-order valence-corrected chi connectivity index (χ3v) is 2.61. The summed E-state index contributed by atoms with van der Waals surface area (Å²) in [5, 5.41) is 8.77. The minimum Gasteiger partial charge on any atom is -0.311 e. The molecule has 5 heteroatoms. The van der Waals surface area contributed by atoms with E-state index in [9.17, 15) is 9.18 Å². The van der Waals surface area contributed by atoms with Gasteiger partial charge in [0.15, 0.2) is 0 Å². The molecule has 0 atom stereocenters. The van der Waals surface area contributed by atoms with Crippen LogP contribution >= 0.6 is 0 Å². The van der Waals surface area contributed by atoms with Gasteiger partial charge in [-0.05, 0) is 24.3 Å². The van der Waals surface area contributed by atoms with Crippen molar-refractivity contribution in [2.75, 3.05) is 11.9 Å². The second-order valence-corrected chi connectivity index (χ2v) is 3.92. The summed E-state index contributed by atoms with van der Waals surface area (Å²) >= 11 is 0. The Morgan fingerprint density at radius 2 is 2.16 bits per heavy atom. The standard InChI is InChI=1S/C14H10FN3O/c1-18(13-4-2-3-12(15)6-13)14(19)11-5-10(7-16)8-17-9-11/h2-6,8-9H,1H3. The number of halogens is 1. The van der Waals surface area contributed by atoms with E-state index in [-0.39, 0.29) is 11.5 Å². The molecule has 0 saturated heterocycles. The molecular formula is C14H10FN3O. The van der Waals surface area contributed by atoms with Gasteiger partial charge in [-0.1, -0.05) is 6.07 Å². The second kappa shape index (κ2) is 5.27. The van der Waals surface area contributed by atoms with Gasteiger partial charge in [-0.2, -0.15) is 5.26 Å². The highest BCUT2D eigenvalue weighted by Gasteiger charge is 2.14. The Morgan fingerprint density at radius 3 is 2.84 bits per heavy atom. The number of pyridine rings is 1. The van der Waals surface area contributed by atoms with Gasteiger partial charge in [0.1, 0.15) is 11.9 Å². The first kappa shape index (κ1) is 12.7. The third kappa shape index (κ3) is 2.75. The predicted molar refractivity (Wildman–Crippen MR) is 68.1 cm³/mol. The highest BCUT2D eigenvalue weighted by molar-refractivity contribution is 6.05.